The van der Waals surface area contributed by atoms with E-state index >= 15 is 0 Å². The number of benzene rings is 1. The van der Waals surface area contributed by atoms with Crippen LogP contribution in [-0.4, -0.2) is 41.5 Å². The predicted molar refractivity (Wildman–Crippen MR) is 82.3 cm³/mol. The van der Waals surface area contributed by atoms with Gasteiger partial charge in [0.1, 0.15) is 5.82 Å². The van der Waals surface area contributed by atoms with Crippen molar-refractivity contribution in [3.05, 3.63) is 42.2 Å². The second-order valence-corrected chi connectivity index (χ2v) is 6.36. The average molecular weight is 315 g/mol. The summed E-state index contributed by atoms with van der Waals surface area (Å²) in [5, 5.41) is 3.01. The molecule has 5 nitrogen and oxygen atoms in total. The molecule has 3 atom stereocenters. The highest BCUT2D eigenvalue weighted by Gasteiger charge is 2.33. The fraction of sp³-hybridized carbons (Fsp3) is 0.412. The third-order valence-corrected chi connectivity index (χ3v) is 4.63. The van der Waals surface area contributed by atoms with Gasteiger partial charge in [0.15, 0.2) is 5.76 Å². The van der Waals surface area contributed by atoms with Crippen LogP contribution in [0.3, 0.4) is 0 Å². The third kappa shape index (κ3) is 2.99. The van der Waals surface area contributed by atoms with Crippen molar-refractivity contribution in [2.75, 3.05) is 19.6 Å². The molecule has 0 spiro atoms. The highest BCUT2D eigenvalue weighted by Crippen LogP contribution is 2.27. The molecule has 3 heterocycles. The van der Waals surface area contributed by atoms with Gasteiger partial charge in [-0.2, -0.15) is 0 Å². The summed E-state index contributed by atoms with van der Waals surface area (Å²) in [6.07, 6.45) is 3.74. The monoisotopic (exact) mass is 315 g/mol. The maximum absolute atomic E-state index is 13.0. The molecule has 23 heavy (non-hydrogen) atoms. The molecular weight excluding hydrogens is 297 g/mol. The van der Waals surface area contributed by atoms with Gasteiger partial charge in [0.2, 0.25) is 0 Å². The van der Waals surface area contributed by atoms with Crippen LogP contribution in [0.2, 0.25) is 0 Å². The van der Waals surface area contributed by atoms with Crippen LogP contribution in [0.25, 0.3) is 11.3 Å². The minimum absolute atomic E-state index is 0.0530. The van der Waals surface area contributed by atoms with Gasteiger partial charge in [0, 0.05) is 24.7 Å². The predicted octanol–water partition coefficient (Wildman–Crippen LogP) is 2.30. The van der Waals surface area contributed by atoms with Gasteiger partial charge in [-0.15, -0.1) is 0 Å². The van der Waals surface area contributed by atoms with Crippen LogP contribution in [0.1, 0.15) is 23.5 Å². The lowest BCUT2D eigenvalue weighted by Gasteiger charge is -2.30. The Labute approximate surface area is 133 Å². The maximum atomic E-state index is 13.0. The summed E-state index contributed by atoms with van der Waals surface area (Å²) >= 11 is 0. The zero-order valence-electron chi connectivity index (χ0n) is 12.7. The van der Waals surface area contributed by atoms with Crippen molar-refractivity contribution < 1.29 is 13.6 Å². The van der Waals surface area contributed by atoms with Gasteiger partial charge < -0.3 is 14.6 Å². The van der Waals surface area contributed by atoms with Gasteiger partial charge in [-0.25, -0.2) is 9.37 Å². The van der Waals surface area contributed by atoms with E-state index in [1.54, 1.807) is 12.1 Å². The lowest BCUT2D eigenvalue weighted by molar-refractivity contribution is 0.0875. The molecule has 2 saturated heterocycles. The minimum atomic E-state index is -0.312. The molecule has 0 aliphatic carbocycles. The first-order valence-corrected chi connectivity index (χ1v) is 7.92. The number of carbonyl (C=O) groups is 1. The highest BCUT2D eigenvalue weighted by molar-refractivity contribution is 5.90. The number of halogens is 1. The van der Waals surface area contributed by atoms with Crippen LogP contribution < -0.4 is 5.32 Å². The number of carbonyl (C=O) groups excluding carboxylic acids is 1. The van der Waals surface area contributed by atoms with Crippen LogP contribution in [-0.2, 0) is 0 Å². The molecule has 120 valence electrons. The van der Waals surface area contributed by atoms with Crippen molar-refractivity contribution >= 4 is 5.91 Å². The van der Waals surface area contributed by atoms with Crippen LogP contribution >= 0.6 is 0 Å². The van der Waals surface area contributed by atoms with Crippen molar-refractivity contribution in [2.45, 2.75) is 18.9 Å². The number of amides is 1. The van der Waals surface area contributed by atoms with E-state index in [2.05, 4.69) is 15.2 Å². The van der Waals surface area contributed by atoms with Gasteiger partial charge in [0.25, 0.3) is 5.89 Å². The molecule has 1 N–H and O–H groups in total. The Bertz CT molecular complexity index is 701. The quantitative estimate of drug-likeness (QED) is 0.944. The number of nitrogens with zero attached hydrogens (tertiary/aromatic N) is 2. The molecule has 1 unspecified atom stereocenters. The van der Waals surface area contributed by atoms with Crippen LogP contribution in [0.15, 0.2) is 34.9 Å². The lowest BCUT2D eigenvalue weighted by Crippen LogP contribution is -2.47. The SMILES string of the molecule is O=C(N[C@H]1C[C@H]2CCN(C2)C1)c1ncc(-c2ccc(F)cc2)o1. The summed E-state index contributed by atoms with van der Waals surface area (Å²) in [6, 6.07) is 6.06. The molecule has 1 aromatic heterocycles. The maximum Gasteiger partial charge on any atom is 0.307 e. The Morgan fingerprint density at radius 3 is 2.91 bits per heavy atom. The van der Waals surface area contributed by atoms with E-state index in [9.17, 15) is 9.18 Å². The molecule has 2 aliphatic heterocycles. The Morgan fingerprint density at radius 1 is 1.30 bits per heavy atom. The number of rotatable bonds is 3. The molecule has 2 aliphatic rings. The molecular formula is C17H18FN3O2. The molecule has 2 aromatic rings. The van der Waals surface area contributed by atoms with Gasteiger partial charge in [0.05, 0.1) is 6.20 Å². The third-order valence-electron chi connectivity index (χ3n) is 4.63. The van der Waals surface area contributed by atoms with Crippen molar-refractivity contribution in [1.82, 2.24) is 15.2 Å². The van der Waals surface area contributed by atoms with Crippen molar-refractivity contribution in [2.24, 2.45) is 5.92 Å². The van der Waals surface area contributed by atoms with E-state index in [4.69, 9.17) is 4.42 Å². The molecule has 0 radical (unpaired) electrons. The van der Waals surface area contributed by atoms with E-state index in [-0.39, 0.29) is 23.7 Å². The number of hydrogen-bond donors (Lipinski definition) is 1. The fourth-order valence-corrected chi connectivity index (χ4v) is 3.54. The minimum Gasteiger partial charge on any atom is -0.432 e. The molecule has 2 fully saturated rings. The first kappa shape index (κ1) is 14.4. The van der Waals surface area contributed by atoms with Crippen molar-refractivity contribution in [3.8, 4) is 11.3 Å². The van der Waals surface area contributed by atoms with Gasteiger partial charge in [-0.05, 0) is 49.6 Å². The van der Waals surface area contributed by atoms with E-state index in [0.29, 0.717) is 17.2 Å². The number of oxazole rings is 1. The molecule has 1 aromatic carbocycles. The normalized spacial score (nSPS) is 26.2. The second-order valence-electron chi connectivity index (χ2n) is 6.36. The Hall–Kier alpha value is -2.21. The summed E-state index contributed by atoms with van der Waals surface area (Å²) in [5.74, 6) is 0.604. The molecule has 4 rings (SSSR count). The average Bonchev–Trinajstić information content (AvgIpc) is 3.15. The van der Waals surface area contributed by atoms with E-state index in [1.165, 1.54) is 24.8 Å². The molecule has 6 heteroatoms. The molecule has 1 amide bonds. The zero-order chi connectivity index (χ0) is 15.8. The van der Waals surface area contributed by atoms with E-state index in [0.717, 1.165) is 26.1 Å². The van der Waals surface area contributed by atoms with E-state index < -0.39 is 0 Å². The first-order valence-electron chi connectivity index (χ1n) is 7.92. The summed E-state index contributed by atoms with van der Waals surface area (Å²) in [5.41, 5.74) is 0.694. The van der Waals surface area contributed by atoms with Crippen molar-refractivity contribution in [3.63, 3.8) is 0 Å². The van der Waals surface area contributed by atoms with Gasteiger partial charge >= 0.3 is 5.91 Å². The second kappa shape index (κ2) is 5.77. The number of piperidine rings is 1. The topological polar surface area (TPSA) is 58.4 Å². The summed E-state index contributed by atoms with van der Waals surface area (Å²) in [7, 11) is 0. The fourth-order valence-electron chi connectivity index (χ4n) is 3.54. The number of aromatic nitrogens is 1. The van der Waals surface area contributed by atoms with Crippen LogP contribution in [0.4, 0.5) is 4.39 Å². The summed E-state index contributed by atoms with van der Waals surface area (Å²) in [6.45, 7) is 3.18. The highest BCUT2D eigenvalue weighted by atomic mass is 19.1. The number of hydrogen-bond acceptors (Lipinski definition) is 4. The van der Waals surface area contributed by atoms with Crippen LogP contribution in [0.5, 0.6) is 0 Å². The summed E-state index contributed by atoms with van der Waals surface area (Å²) < 4.78 is 18.5. The first-order chi connectivity index (χ1) is 11.2. The summed E-state index contributed by atoms with van der Waals surface area (Å²) in [4.78, 5) is 18.7. The van der Waals surface area contributed by atoms with Gasteiger partial charge in [-0.1, -0.05) is 0 Å². The Kier molecular flexibility index (Phi) is 3.61. The largest absolute Gasteiger partial charge is 0.432 e. The smallest absolute Gasteiger partial charge is 0.307 e. The Morgan fingerprint density at radius 2 is 2.13 bits per heavy atom. The number of nitrogens with one attached hydrogen (secondary N) is 1. The zero-order valence-corrected chi connectivity index (χ0v) is 12.7. The molecule has 2 bridgehead atoms. The molecule has 0 saturated carbocycles. The van der Waals surface area contributed by atoms with Crippen molar-refractivity contribution in [1.29, 1.82) is 0 Å². The van der Waals surface area contributed by atoms with Crippen LogP contribution in [0, 0.1) is 11.7 Å². The van der Waals surface area contributed by atoms with E-state index in [1.807, 2.05) is 0 Å². The lowest BCUT2D eigenvalue weighted by atomic mass is 9.97. The Balaban J connectivity index is 1.44. The standard InChI is InChI=1S/C17H18FN3O2/c18-13-3-1-12(2-4-13)15-8-19-17(23-15)16(22)20-14-7-11-5-6-21(9-11)10-14/h1-4,8,11,14H,5-7,9-10H2,(H,20,22)/t11-,14+/m1/s1. The number of fused-ring (bicyclic) bond motifs is 2. The van der Waals surface area contributed by atoms with Gasteiger partial charge in [-0.3, -0.25) is 4.79 Å².